The molecule has 1 aliphatic rings. The molecule has 1 aromatic carbocycles. The second-order valence-corrected chi connectivity index (χ2v) is 5.55. The predicted molar refractivity (Wildman–Crippen MR) is 81.8 cm³/mol. The molecule has 1 fully saturated rings. The molecule has 1 aromatic heterocycles. The predicted octanol–water partition coefficient (Wildman–Crippen LogP) is 1.29. The minimum atomic E-state index is -0.306. The monoisotopic (exact) mass is 289 g/mol. The average molecular weight is 289 g/mol. The molecule has 6 heteroatoms. The number of anilines is 1. The minimum Gasteiger partial charge on any atom is -0.352 e. The summed E-state index contributed by atoms with van der Waals surface area (Å²) < 4.78 is 14.2. The maximum atomic E-state index is 14.2. The molecule has 1 saturated heterocycles. The Morgan fingerprint density at radius 2 is 1.90 bits per heavy atom. The molecule has 0 radical (unpaired) electrons. The van der Waals surface area contributed by atoms with Crippen molar-refractivity contribution in [3.05, 3.63) is 29.2 Å². The highest BCUT2D eigenvalue weighted by Gasteiger charge is 2.20. The van der Waals surface area contributed by atoms with Gasteiger partial charge in [-0.1, -0.05) is 6.07 Å². The highest BCUT2D eigenvalue weighted by atomic mass is 19.1. The first kappa shape index (κ1) is 14.2. The molecule has 0 unspecified atom stereocenters. The summed E-state index contributed by atoms with van der Waals surface area (Å²) in [6.07, 6.45) is 0. The molecule has 0 spiro atoms. The standard InChI is InChI=1S/C15H20FN5/c1-10-3-4-11-14(13(10)16)18-12(9-17)15(19-11)21-7-5-20(2)6-8-21/h3-4H,5-9,17H2,1-2H3. The third-order valence-corrected chi connectivity index (χ3v) is 4.02. The molecule has 0 amide bonds. The number of rotatable bonds is 2. The van der Waals surface area contributed by atoms with E-state index in [9.17, 15) is 4.39 Å². The Morgan fingerprint density at radius 1 is 1.19 bits per heavy atom. The van der Waals surface area contributed by atoms with Gasteiger partial charge in [0.1, 0.15) is 5.52 Å². The fraction of sp³-hybridized carbons (Fsp3) is 0.467. The first-order chi connectivity index (χ1) is 10.1. The van der Waals surface area contributed by atoms with Crippen LogP contribution in [0.3, 0.4) is 0 Å². The van der Waals surface area contributed by atoms with Crippen molar-refractivity contribution in [1.29, 1.82) is 0 Å². The SMILES string of the molecule is Cc1ccc2nc(N3CCN(C)CC3)c(CN)nc2c1F. The number of halogens is 1. The molecule has 0 saturated carbocycles. The molecule has 112 valence electrons. The van der Waals surface area contributed by atoms with Crippen LogP contribution in [0.2, 0.25) is 0 Å². The molecule has 21 heavy (non-hydrogen) atoms. The molecule has 1 aliphatic heterocycles. The number of piperazine rings is 1. The second kappa shape index (κ2) is 5.54. The van der Waals surface area contributed by atoms with Crippen molar-refractivity contribution < 1.29 is 4.39 Å². The van der Waals surface area contributed by atoms with Gasteiger partial charge < -0.3 is 15.5 Å². The van der Waals surface area contributed by atoms with Crippen LogP contribution in [-0.2, 0) is 6.54 Å². The number of likely N-dealkylation sites (N-methyl/N-ethyl adjacent to an activating group) is 1. The highest BCUT2D eigenvalue weighted by Crippen LogP contribution is 2.24. The van der Waals surface area contributed by atoms with Gasteiger partial charge in [0.25, 0.3) is 0 Å². The maximum absolute atomic E-state index is 14.2. The summed E-state index contributed by atoms with van der Waals surface area (Å²) in [6, 6.07) is 3.56. The van der Waals surface area contributed by atoms with E-state index in [1.807, 2.05) is 6.07 Å². The van der Waals surface area contributed by atoms with Gasteiger partial charge >= 0.3 is 0 Å². The Labute approximate surface area is 123 Å². The van der Waals surface area contributed by atoms with E-state index in [-0.39, 0.29) is 12.4 Å². The lowest BCUT2D eigenvalue weighted by Gasteiger charge is -2.34. The van der Waals surface area contributed by atoms with Crippen LogP contribution in [0, 0.1) is 12.7 Å². The van der Waals surface area contributed by atoms with E-state index < -0.39 is 0 Å². The van der Waals surface area contributed by atoms with Gasteiger partial charge in [0.05, 0.1) is 11.2 Å². The molecule has 2 N–H and O–H groups in total. The first-order valence-electron chi connectivity index (χ1n) is 7.19. The molecular formula is C15H20FN5. The molecule has 2 aromatic rings. The Bertz CT molecular complexity index is 665. The summed E-state index contributed by atoms with van der Waals surface area (Å²) in [5.74, 6) is 0.487. The van der Waals surface area contributed by atoms with Crippen LogP contribution in [0.5, 0.6) is 0 Å². The van der Waals surface area contributed by atoms with Gasteiger partial charge in [0.15, 0.2) is 11.6 Å². The largest absolute Gasteiger partial charge is 0.352 e. The Morgan fingerprint density at radius 3 is 2.57 bits per heavy atom. The summed E-state index contributed by atoms with van der Waals surface area (Å²) in [5, 5.41) is 0. The number of hydrogen-bond acceptors (Lipinski definition) is 5. The van der Waals surface area contributed by atoms with E-state index in [1.165, 1.54) is 0 Å². The number of hydrogen-bond donors (Lipinski definition) is 1. The lowest BCUT2D eigenvalue weighted by Crippen LogP contribution is -2.45. The van der Waals surface area contributed by atoms with Crippen molar-refractivity contribution in [2.75, 3.05) is 38.1 Å². The number of aryl methyl sites for hydroxylation is 1. The third-order valence-electron chi connectivity index (χ3n) is 4.02. The van der Waals surface area contributed by atoms with Gasteiger partial charge in [0.2, 0.25) is 0 Å². The van der Waals surface area contributed by atoms with Gasteiger partial charge in [-0.15, -0.1) is 0 Å². The van der Waals surface area contributed by atoms with Crippen LogP contribution in [-0.4, -0.2) is 48.1 Å². The molecule has 5 nitrogen and oxygen atoms in total. The van der Waals surface area contributed by atoms with E-state index in [0.29, 0.717) is 22.3 Å². The Balaban J connectivity index is 2.08. The van der Waals surface area contributed by atoms with Crippen molar-refractivity contribution in [1.82, 2.24) is 14.9 Å². The number of nitrogens with two attached hydrogens (primary N) is 1. The molecular weight excluding hydrogens is 269 g/mol. The average Bonchev–Trinajstić information content (AvgIpc) is 2.51. The molecule has 0 bridgehead atoms. The number of benzene rings is 1. The van der Waals surface area contributed by atoms with Gasteiger partial charge in [0, 0.05) is 32.7 Å². The third kappa shape index (κ3) is 2.56. The zero-order chi connectivity index (χ0) is 15.0. The van der Waals surface area contributed by atoms with Crippen LogP contribution in [0.4, 0.5) is 10.2 Å². The zero-order valence-corrected chi connectivity index (χ0v) is 12.4. The van der Waals surface area contributed by atoms with Crippen molar-refractivity contribution in [3.8, 4) is 0 Å². The van der Waals surface area contributed by atoms with Crippen LogP contribution < -0.4 is 10.6 Å². The molecule has 3 rings (SSSR count). The van der Waals surface area contributed by atoms with E-state index in [0.717, 1.165) is 32.0 Å². The summed E-state index contributed by atoms with van der Waals surface area (Å²) in [4.78, 5) is 13.5. The van der Waals surface area contributed by atoms with Crippen molar-refractivity contribution in [3.63, 3.8) is 0 Å². The lowest BCUT2D eigenvalue weighted by molar-refractivity contribution is 0.311. The van der Waals surface area contributed by atoms with Gasteiger partial charge in [-0.3, -0.25) is 0 Å². The van der Waals surface area contributed by atoms with Gasteiger partial charge in [-0.05, 0) is 25.6 Å². The topological polar surface area (TPSA) is 58.3 Å². The number of nitrogens with zero attached hydrogens (tertiary/aromatic N) is 4. The van der Waals surface area contributed by atoms with Crippen molar-refractivity contribution in [2.45, 2.75) is 13.5 Å². The first-order valence-corrected chi connectivity index (χ1v) is 7.19. The van der Waals surface area contributed by atoms with E-state index >= 15 is 0 Å². The lowest BCUT2D eigenvalue weighted by atomic mass is 10.2. The molecule has 0 aliphatic carbocycles. The summed E-state index contributed by atoms with van der Waals surface area (Å²) in [5.41, 5.74) is 7.94. The Kier molecular flexibility index (Phi) is 3.73. The summed E-state index contributed by atoms with van der Waals surface area (Å²) in [7, 11) is 2.10. The zero-order valence-electron chi connectivity index (χ0n) is 12.4. The van der Waals surface area contributed by atoms with Crippen molar-refractivity contribution in [2.24, 2.45) is 5.73 Å². The van der Waals surface area contributed by atoms with Crippen LogP contribution in [0.1, 0.15) is 11.3 Å². The summed E-state index contributed by atoms with van der Waals surface area (Å²) in [6.45, 7) is 5.72. The fourth-order valence-corrected chi connectivity index (χ4v) is 2.62. The van der Waals surface area contributed by atoms with Crippen LogP contribution in [0.25, 0.3) is 11.0 Å². The van der Waals surface area contributed by atoms with Gasteiger partial charge in [-0.25, -0.2) is 14.4 Å². The highest BCUT2D eigenvalue weighted by molar-refractivity contribution is 5.78. The Hall–Kier alpha value is -1.79. The van der Waals surface area contributed by atoms with Crippen molar-refractivity contribution >= 4 is 16.9 Å². The van der Waals surface area contributed by atoms with E-state index in [2.05, 4.69) is 26.8 Å². The van der Waals surface area contributed by atoms with Crippen LogP contribution in [0.15, 0.2) is 12.1 Å². The fourth-order valence-electron chi connectivity index (χ4n) is 2.62. The normalized spacial score (nSPS) is 16.7. The minimum absolute atomic E-state index is 0.262. The number of fused-ring (bicyclic) bond motifs is 1. The van der Waals surface area contributed by atoms with Crippen LogP contribution >= 0.6 is 0 Å². The quantitative estimate of drug-likeness (QED) is 0.903. The van der Waals surface area contributed by atoms with E-state index in [1.54, 1.807) is 13.0 Å². The maximum Gasteiger partial charge on any atom is 0.153 e. The molecule has 2 heterocycles. The summed E-state index contributed by atoms with van der Waals surface area (Å²) >= 11 is 0. The smallest absolute Gasteiger partial charge is 0.153 e. The van der Waals surface area contributed by atoms with Gasteiger partial charge in [-0.2, -0.15) is 0 Å². The molecule has 0 atom stereocenters. The second-order valence-electron chi connectivity index (χ2n) is 5.55. The number of aromatic nitrogens is 2. The van der Waals surface area contributed by atoms with E-state index in [4.69, 9.17) is 5.73 Å².